The van der Waals surface area contributed by atoms with Crippen molar-refractivity contribution in [3.05, 3.63) is 0 Å². The molecule has 2 fully saturated rings. The Morgan fingerprint density at radius 3 is 2.52 bits per heavy atom. The number of carbonyl (C=O) groups excluding carboxylic acids is 1. The number of carboxylic acid groups (broad SMARTS) is 1. The van der Waals surface area contributed by atoms with Gasteiger partial charge in [0.05, 0.1) is 0 Å². The first-order valence-electron chi connectivity index (χ1n) is 9.31. The van der Waals surface area contributed by atoms with Crippen molar-refractivity contribution in [3.63, 3.8) is 0 Å². The monoisotopic (exact) mass is 324 g/mol. The molecule has 0 aromatic rings. The lowest BCUT2D eigenvalue weighted by atomic mass is 9.87. The van der Waals surface area contributed by atoms with Crippen molar-refractivity contribution >= 4 is 11.9 Å². The number of likely N-dealkylation sites (tertiary alicyclic amines) is 1. The summed E-state index contributed by atoms with van der Waals surface area (Å²) in [6, 6.07) is 0.319. The lowest BCUT2D eigenvalue weighted by Crippen LogP contribution is -2.52. The molecular formula is C18H32N2O3. The molecule has 1 saturated carbocycles. The van der Waals surface area contributed by atoms with Crippen molar-refractivity contribution in [2.24, 2.45) is 11.8 Å². The Morgan fingerprint density at radius 1 is 1.13 bits per heavy atom. The smallest absolute Gasteiger partial charge is 0.303 e. The van der Waals surface area contributed by atoms with Crippen LogP contribution in [0.4, 0.5) is 0 Å². The number of piperidine rings is 1. The number of hydrogen-bond acceptors (Lipinski definition) is 3. The number of aliphatic carboxylic acids is 1. The van der Waals surface area contributed by atoms with Crippen LogP contribution in [0.5, 0.6) is 0 Å². The first-order chi connectivity index (χ1) is 11.1. The van der Waals surface area contributed by atoms with Gasteiger partial charge in [-0.25, -0.2) is 0 Å². The standard InChI is InChI=1S/C18H32N2O3/c1-2-17(21)20-12-15(8-9-18(22)23)10-16(13-20)19-11-14-6-4-3-5-7-14/h14-16,19H,2-13H2,1H3,(H,22,23). The molecule has 0 bridgehead atoms. The minimum atomic E-state index is -0.740. The molecule has 1 aliphatic carbocycles. The van der Waals surface area contributed by atoms with Crippen LogP contribution in [0, 0.1) is 11.8 Å². The van der Waals surface area contributed by atoms with Crippen molar-refractivity contribution in [1.82, 2.24) is 10.2 Å². The van der Waals surface area contributed by atoms with Crippen molar-refractivity contribution in [2.75, 3.05) is 19.6 Å². The summed E-state index contributed by atoms with van der Waals surface area (Å²) in [7, 11) is 0. The van der Waals surface area contributed by atoms with Gasteiger partial charge in [0.25, 0.3) is 0 Å². The van der Waals surface area contributed by atoms with E-state index in [0.717, 1.165) is 32.0 Å². The average Bonchev–Trinajstić information content (AvgIpc) is 2.58. The lowest BCUT2D eigenvalue weighted by molar-refractivity contribution is -0.137. The molecule has 2 unspecified atom stereocenters. The quantitative estimate of drug-likeness (QED) is 0.755. The van der Waals surface area contributed by atoms with Crippen LogP contribution in [0.25, 0.3) is 0 Å². The largest absolute Gasteiger partial charge is 0.481 e. The van der Waals surface area contributed by atoms with Crippen LogP contribution >= 0.6 is 0 Å². The van der Waals surface area contributed by atoms with E-state index >= 15 is 0 Å². The summed E-state index contributed by atoms with van der Waals surface area (Å²) in [4.78, 5) is 24.9. The zero-order chi connectivity index (χ0) is 16.7. The molecule has 1 saturated heterocycles. The predicted octanol–water partition coefficient (Wildman–Crippen LogP) is 2.65. The van der Waals surface area contributed by atoms with Gasteiger partial charge >= 0.3 is 5.97 Å². The van der Waals surface area contributed by atoms with E-state index in [2.05, 4.69) is 5.32 Å². The van der Waals surface area contributed by atoms with E-state index in [9.17, 15) is 9.59 Å². The van der Waals surface area contributed by atoms with Crippen molar-refractivity contribution in [3.8, 4) is 0 Å². The average molecular weight is 324 g/mol. The molecule has 0 aromatic carbocycles. The van der Waals surface area contributed by atoms with Gasteiger partial charge in [-0.3, -0.25) is 9.59 Å². The Labute approximate surface area is 139 Å². The van der Waals surface area contributed by atoms with E-state index < -0.39 is 5.97 Å². The van der Waals surface area contributed by atoms with Gasteiger partial charge in [0.2, 0.25) is 5.91 Å². The Bertz CT molecular complexity index is 394. The van der Waals surface area contributed by atoms with E-state index in [1.165, 1.54) is 32.1 Å². The van der Waals surface area contributed by atoms with E-state index in [1.54, 1.807) is 0 Å². The number of hydrogen-bond donors (Lipinski definition) is 2. The summed E-state index contributed by atoms with van der Waals surface area (Å²) in [6.45, 7) is 4.45. The third-order valence-corrected chi connectivity index (χ3v) is 5.38. The highest BCUT2D eigenvalue weighted by Crippen LogP contribution is 2.25. The summed E-state index contributed by atoms with van der Waals surface area (Å²) in [5.74, 6) is 0.530. The van der Waals surface area contributed by atoms with Gasteiger partial charge in [-0.15, -0.1) is 0 Å². The molecule has 5 nitrogen and oxygen atoms in total. The van der Waals surface area contributed by atoms with Crippen molar-refractivity contribution in [2.45, 2.75) is 70.8 Å². The molecule has 132 valence electrons. The van der Waals surface area contributed by atoms with Gasteiger partial charge < -0.3 is 15.3 Å². The highest BCUT2D eigenvalue weighted by molar-refractivity contribution is 5.76. The molecular weight excluding hydrogens is 292 g/mol. The summed E-state index contributed by atoms with van der Waals surface area (Å²) in [6.07, 6.45) is 9.10. The topological polar surface area (TPSA) is 69.6 Å². The number of amides is 1. The maximum Gasteiger partial charge on any atom is 0.303 e. The van der Waals surface area contributed by atoms with Crippen LogP contribution in [0.3, 0.4) is 0 Å². The minimum absolute atomic E-state index is 0.189. The van der Waals surface area contributed by atoms with Crippen LogP contribution in [-0.4, -0.2) is 47.6 Å². The highest BCUT2D eigenvalue weighted by Gasteiger charge is 2.29. The van der Waals surface area contributed by atoms with Crippen molar-refractivity contribution < 1.29 is 14.7 Å². The number of nitrogens with zero attached hydrogens (tertiary/aromatic N) is 1. The third kappa shape index (κ3) is 6.13. The fourth-order valence-electron chi connectivity index (χ4n) is 4.04. The second-order valence-electron chi connectivity index (χ2n) is 7.30. The molecule has 5 heteroatoms. The molecule has 2 N–H and O–H groups in total. The second kappa shape index (κ2) is 9.26. The first-order valence-corrected chi connectivity index (χ1v) is 9.31. The van der Waals surface area contributed by atoms with Crippen LogP contribution in [-0.2, 0) is 9.59 Å². The molecule has 0 radical (unpaired) electrons. The fourth-order valence-corrected chi connectivity index (χ4v) is 4.04. The van der Waals surface area contributed by atoms with E-state index in [4.69, 9.17) is 5.11 Å². The molecule has 1 aliphatic heterocycles. The van der Waals surface area contributed by atoms with Gasteiger partial charge in [0.1, 0.15) is 0 Å². The number of carbonyl (C=O) groups is 2. The van der Waals surface area contributed by atoms with Crippen molar-refractivity contribution in [1.29, 1.82) is 0 Å². The van der Waals surface area contributed by atoms with E-state index in [1.807, 2.05) is 11.8 Å². The number of carboxylic acids is 1. The van der Waals surface area contributed by atoms with Gasteiger partial charge in [0.15, 0.2) is 0 Å². The molecule has 0 aromatic heterocycles. The van der Waals surface area contributed by atoms with Gasteiger partial charge in [-0.2, -0.15) is 0 Å². The maximum atomic E-state index is 12.1. The SMILES string of the molecule is CCC(=O)N1CC(CCC(=O)O)CC(NCC2CCCCC2)C1. The van der Waals surface area contributed by atoms with Gasteiger partial charge in [-0.05, 0) is 44.1 Å². The van der Waals surface area contributed by atoms with Crippen LogP contribution in [0.15, 0.2) is 0 Å². The summed E-state index contributed by atoms with van der Waals surface area (Å²) in [5.41, 5.74) is 0. The Balaban J connectivity index is 1.85. The highest BCUT2D eigenvalue weighted by atomic mass is 16.4. The predicted molar refractivity (Wildman–Crippen MR) is 90.2 cm³/mol. The van der Waals surface area contributed by atoms with Crippen LogP contribution in [0.1, 0.15) is 64.7 Å². The normalized spacial score (nSPS) is 26.2. The zero-order valence-corrected chi connectivity index (χ0v) is 14.4. The summed E-state index contributed by atoms with van der Waals surface area (Å²) in [5, 5.41) is 12.6. The van der Waals surface area contributed by atoms with E-state index in [0.29, 0.717) is 24.8 Å². The Kier molecular flexibility index (Phi) is 7.34. The molecule has 2 atom stereocenters. The van der Waals surface area contributed by atoms with Crippen LogP contribution < -0.4 is 5.32 Å². The Morgan fingerprint density at radius 2 is 1.87 bits per heavy atom. The molecule has 1 amide bonds. The lowest BCUT2D eigenvalue weighted by Gasteiger charge is -2.39. The third-order valence-electron chi connectivity index (χ3n) is 5.38. The second-order valence-corrected chi connectivity index (χ2v) is 7.30. The molecule has 0 spiro atoms. The van der Waals surface area contributed by atoms with E-state index in [-0.39, 0.29) is 12.3 Å². The van der Waals surface area contributed by atoms with Gasteiger partial charge in [0, 0.05) is 32.0 Å². The molecule has 23 heavy (non-hydrogen) atoms. The molecule has 2 rings (SSSR count). The zero-order valence-electron chi connectivity index (χ0n) is 14.4. The first kappa shape index (κ1) is 18.2. The Hall–Kier alpha value is -1.10. The minimum Gasteiger partial charge on any atom is -0.481 e. The van der Waals surface area contributed by atoms with Gasteiger partial charge in [-0.1, -0.05) is 26.2 Å². The summed E-state index contributed by atoms with van der Waals surface area (Å²) < 4.78 is 0. The summed E-state index contributed by atoms with van der Waals surface area (Å²) >= 11 is 0. The fraction of sp³-hybridized carbons (Fsp3) is 0.889. The molecule has 1 heterocycles. The molecule has 2 aliphatic rings. The number of rotatable bonds is 7. The number of nitrogens with one attached hydrogen (secondary N) is 1. The maximum absolute atomic E-state index is 12.1. The van der Waals surface area contributed by atoms with Crippen LogP contribution in [0.2, 0.25) is 0 Å².